The lowest BCUT2D eigenvalue weighted by Gasteiger charge is -2.32. The molecule has 1 N–H and O–H groups in total. The van der Waals surface area contributed by atoms with Gasteiger partial charge in [0.15, 0.2) is 0 Å². The summed E-state index contributed by atoms with van der Waals surface area (Å²) in [6, 6.07) is 14.3. The van der Waals surface area contributed by atoms with Crippen LogP contribution >= 0.6 is 0 Å². The summed E-state index contributed by atoms with van der Waals surface area (Å²) in [6.07, 6.45) is 3.64. The number of carboxylic acids is 1. The van der Waals surface area contributed by atoms with E-state index in [1.54, 1.807) is 28.3 Å². The third kappa shape index (κ3) is 12.2. The minimum Gasteiger partial charge on any atom is -0.490 e. The van der Waals surface area contributed by atoms with E-state index in [0.717, 1.165) is 11.4 Å². The normalized spacial score (nSPS) is 17.5. The Balaban J connectivity index is 0.000000204. The number of carboxylic acid groups (broad SMARTS) is 1. The maximum Gasteiger partial charge on any atom is 0.410 e. The zero-order valence-corrected chi connectivity index (χ0v) is 40.4. The van der Waals surface area contributed by atoms with Gasteiger partial charge in [0.1, 0.15) is 70.7 Å². The molecule has 20 heteroatoms. The zero-order valence-electron chi connectivity index (χ0n) is 40.4. The summed E-state index contributed by atoms with van der Waals surface area (Å²) in [6.45, 7) is 15.1. The Morgan fingerprint density at radius 2 is 1.06 bits per heavy atom. The molecule has 2 amide bonds. The van der Waals surface area contributed by atoms with Crippen molar-refractivity contribution >= 4 is 46.9 Å². The molecule has 2 saturated heterocycles. The van der Waals surface area contributed by atoms with Gasteiger partial charge in [-0.15, -0.1) is 0 Å². The number of fused-ring (bicyclic) bond motifs is 2. The first-order chi connectivity index (χ1) is 32.8. The fourth-order valence-electron chi connectivity index (χ4n) is 8.01. The first-order valence-electron chi connectivity index (χ1n) is 22.6. The van der Waals surface area contributed by atoms with Crippen molar-refractivity contribution < 1.29 is 66.9 Å². The highest BCUT2D eigenvalue weighted by Gasteiger charge is 2.34. The first-order valence-corrected chi connectivity index (χ1v) is 22.6. The van der Waals surface area contributed by atoms with Gasteiger partial charge in [-0.25, -0.2) is 29.1 Å². The van der Waals surface area contributed by atoms with Crippen molar-refractivity contribution in [1.29, 1.82) is 0 Å². The molecule has 8 rings (SSSR count). The van der Waals surface area contributed by atoms with Gasteiger partial charge in [0.25, 0.3) is 0 Å². The number of carbonyl (C=O) groups is 4. The molecule has 20 nitrogen and oxygen atoms in total. The number of aromatic carboxylic acids is 1. The van der Waals surface area contributed by atoms with Crippen molar-refractivity contribution in [2.24, 2.45) is 0 Å². The number of amides is 2. The average Bonchev–Trinajstić information content (AvgIpc) is 4.00. The highest BCUT2D eigenvalue weighted by molar-refractivity contribution is 5.93. The number of rotatable bonds is 10. The number of methoxy groups -OCH3 is 3. The number of nitrogens with zero attached hydrogens (tertiary/aromatic N) is 6. The molecule has 2 aromatic carbocycles. The van der Waals surface area contributed by atoms with Gasteiger partial charge in [-0.2, -0.15) is 0 Å². The molecule has 4 aromatic rings. The number of ether oxygens (including phenoxy) is 9. The van der Waals surface area contributed by atoms with Crippen molar-refractivity contribution in [2.45, 2.75) is 77.8 Å². The summed E-state index contributed by atoms with van der Waals surface area (Å²) >= 11 is 0. The molecule has 6 heterocycles. The van der Waals surface area contributed by atoms with Crippen molar-refractivity contribution in [3.05, 3.63) is 72.1 Å². The smallest absolute Gasteiger partial charge is 0.410 e. The number of carbonyl (C=O) groups excluding carboxylic acids is 3. The SMILES string of the molecule is COC(=O)c1cc(N2CCOc3ccc(O[C@H]4CCN(C(=O)OC(C)(C)C)C4)cc32)cnc1OC.COc1ncc(N2CCOc3ccc(O[C@H]4CCN(C(=O)OC(C)(C)C)C4)cc32)cc1C(=O)O. The summed E-state index contributed by atoms with van der Waals surface area (Å²) in [5.74, 6) is 1.24. The minimum absolute atomic E-state index is 0.0198. The number of anilines is 4. The van der Waals surface area contributed by atoms with E-state index in [1.807, 2.05) is 87.7 Å². The van der Waals surface area contributed by atoms with E-state index < -0.39 is 23.1 Å². The first kappa shape index (κ1) is 49.5. The van der Waals surface area contributed by atoms with Crippen LogP contribution in [0.25, 0.3) is 0 Å². The van der Waals surface area contributed by atoms with E-state index in [2.05, 4.69) is 9.97 Å². The molecule has 0 spiro atoms. The van der Waals surface area contributed by atoms with E-state index in [1.165, 1.54) is 27.4 Å². The van der Waals surface area contributed by atoms with Gasteiger partial charge in [-0.1, -0.05) is 0 Å². The second kappa shape index (κ2) is 20.9. The van der Waals surface area contributed by atoms with Crippen LogP contribution in [0.1, 0.15) is 75.1 Å². The second-order valence-electron chi connectivity index (χ2n) is 18.5. The molecular formula is C49H60N6O14. The monoisotopic (exact) mass is 956 g/mol. The lowest BCUT2D eigenvalue weighted by molar-refractivity contribution is 0.0266. The largest absolute Gasteiger partial charge is 0.490 e. The number of esters is 1. The van der Waals surface area contributed by atoms with Gasteiger partial charge in [0.2, 0.25) is 11.8 Å². The van der Waals surface area contributed by atoms with E-state index in [9.17, 15) is 24.3 Å². The third-order valence-corrected chi connectivity index (χ3v) is 11.1. The Labute approximate surface area is 400 Å². The molecular weight excluding hydrogens is 897 g/mol. The van der Waals surface area contributed by atoms with Crippen molar-refractivity contribution in [3.63, 3.8) is 0 Å². The Morgan fingerprint density at radius 1 is 0.623 bits per heavy atom. The van der Waals surface area contributed by atoms with E-state index in [4.69, 9.17) is 42.6 Å². The molecule has 0 unspecified atom stereocenters. The van der Waals surface area contributed by atoms with Gasteiger partial charge in [0, 0.05) is 38.1 Å². The fourth-order valence-corrected chi connectivity index (χ4v) is 8.01. The number of likely N-dealkylation sites (tertiary alicyclic amines) is 2. The lowest BCUT2D eigenvalue weighted by Crippen LogP contribution is -2.36. The van der Waals surface area contributed by atoms with Gasteiger partial charge < -0.3 is 67.3 Å². The third-order valence-electron chi connectivity index (χ3n) is 11.1. The quantitative estimate of drug-likeness (QED) is 0.120. The standard InChI is InChI=1S/C25H31N3O7.C24H29N3O7/c1-25(2,3)35-24(30)27-9-8-18(15-27)34-17-6-7-21-20(13-17)28(10-11-33-21)16-12-19(23(29)32-5)22(31-4)26-14-16;1-24(2,3)34-23(30)26-8-7-17(14-26)33-16-5-6-20-19(12-16)27(9-10-32-20)15-11-18(22(28)29)21(31-4)25-13-15/h6-7,12-14,18H,8-11,15H2,1-5H3;5-6,11-13,17H,7-10,14H2,1-4H3,(H,28,29)/t18-;17-/m00/s1. The predicted octanol–water partition coefficient (Wildman–Crippen LogP) is 7.50. The average molecular weight is 957 g/mol. The molecule has 370 valence electrons. The molecule has 0 saturated carbocycles. The summed E-state index contributed by atoms with van der Waals surface area (Å²) in [5, 5.41) is 9.52. The number of hydrogen-bond acceptors (Lipinski definition) is 17. The van der Waals surface area contributed by atoms with Crippen LogP contribution in [-0.2, 0) is 14.2 Å². The number of benzene rings is 2. The Morgan fingerprint density at radius 3 is 1.46 bits per heavy atom. The van der Waals surface area contributed by atoms with Gasteiger partial charge in [-0.05, 0) is 77.9 Å². The van der Waals surface area contributed by atoms with E-state index in [-0.39, 0.29) is 47.3 Å². The van der Waals surface area contributed by atoms with Gasteiger partial charge >= 0.3 is 24.1 Å². The number of aromatic nitrogens is 2. The second-order valence-corrected chi connectivity index (χ2v) is 18.5. The van der Waals surface area contributed by atoms with Gasteiger partial charge in [0.05, 0.1) is 82.7 Å². The van der Waals surface area contributed by atoms with Gasteiger partial charge in [-0.3, -0.25) is 0 Å². The molecule has 2 aromatic heterocycles. The summed E-state index contributed by atoms with van der Waals surface area (Å²) < 4.78 is 50.1. The topological polar surface area (TPSA) is 210 Å². The zero-order chi connectivity index (χ0) is 49.6. The maximum absolute atomic E-state index is 12.4. The van der Waals surface area contributed by atoms with Crippen molar-refractivity contribution in [2.75, 3.05) is 83.6 Å². The van der Waals surface area contributed by atoms with Crippen LogP contribution in [0.2, 0.25) is 0 Å². The Bertz CT molecular complexity index is 2530. The highest BCUT2D eigenvalue weighted by Crippen LogP contribution is 2.42. The van der Waals surface area contributed by atoms with E-state index >= 15 is 0 Å². The molecule has 2 atom stereocenters. The van der Waals surface area contributed by atoms with Crippen LogP contribution in [-0.4, -0.2) is 146 Å². The number of hydrogen-bond donors (Lipinski definition) is 1. The van der Waals surface area contributed by atoms with Crippen LogP contribution in [0, 0.1) is 0 Å². The van der Waals surface area contributed by atoms with Crippen LogP contribution in [0.15, 0.2) is 60.9 Å². The molecule has 0 radical (unpaired) electrons. The molecule has 4 aliphatic heterocycles. The lowest BCUT2D eigenvalue weighted by atomic mass is 10.1. The van der Waals surface area contributed by atoms with Crippen LogP contribution in [0.3, 0.4) is 0 Å². The minimum atomic E-state index is -1.12. The Hall–Kier alpha value is -7.38. The molecule has 0 aliphatic carbocycles. The molecule has 4 aliphatic rings. The summed E-state index contributed by atoms with van der Waals surface area (Å²) in [7, 11) is 4.15. The molecule has 2 fully saturated rings. The van der Waals surface area contributed by atoms with Crippen LogP contribution < -0.4 is 38.2 Å². The maximum atomic E-state index is 12.4. The van der Waals surface area contributed by atoms with Crippen LogP contribution in [0.5, 0.6) is 34.8 Å². The number of pyridine rings is 2. The highest BCUT2D eigenvalue weighted by atomic mass is 16.6. The van der Waals surface area contributed by atoms with Crippen molar-refractivity contribution in [3.8, 4) is 34.8 Å². The predicted molar refractivity (Wildman–Crippen MR) is 251 cm³/mol. The summed E-state index contributed by atoms with van der Waals surface area (Å²) in [5.41, 5.74) is 1.97. The fraction of sp³-hybridized carbons (Fsp3) is 0.469. The van der Waals surface area contributed by atoms with Crippen LogP contribution in [0.4, 0.5) is 32.3 Å². The molecule has 69 heavy (non-hydrogen) atoms. The van der Waals surface area contributed by atoms with E-state index in [0.29, 0.717) is 99.7 Å². The molecule has 0 bridgehead atoms. The summed E-state index contributed by atoms with van der Waals surface area (Å²) in [4.78, 5) is 64.3. The Kier molecular flexibility index (Phi) is 15.0. The van der Waals surface area contributed by atoms with Crippen molar-refractivity contribution in [1.82, 2.24) is 19.8 Å².